The second-order valence-corrected chi connectivity index (χ2v) is 7.97. The van der Waals surface area contributed by atoms with Crippen LogP contribution in [-0.2, 0) is 14.3 Å². The molecule has 3 fully saturated rings. The smallest absolute Gasteiger partial charge is 0.475 e. The van der Waals surface area contributed by atoms with E-state index in [1.165, 1.54) is 25.7 Å². The Morgan fingerprint density at radius 3 is 2.47 bits per heavy atom. The topological polar surface area (TPSA) is 100 Å². The first-order valence-electron chi connectivity index (χ1n) is 10.5. The lowest BCUT2D eigenvalue weighted by Crippen LogP contribution is -2.48. The van der Waals surface area contributed by atoms with Crippen LogP contribution in [0.5, 0.6) is 0 Å². The van der Waals surface area contributed by atoms with Gasteiger partial charge in [-0.05, 0) is 32.6 Å². The number of urea groups is 1. The Morgan fingerprint density at radius 1 is 1.20 bits per heavy atom. The van der Waals surface area contributed by atoms with Gasteiger partial charge < -0.3 is 25.2 Å². The Bertz CT molecular complexity index is 572. The van der Waals surface area contributed by atoms with Gasteiger partial charge >= 0.3 is 18.2 Å². The highest BCUT2D eigenvalue weighted by atomic mass is 19.4. The quantitative estimate of drug-likeness (QED) is 0.621. The SMILES string of the molecule is CCNC(=O)NCC1CCC2(COCCN(C3CCCC3)C2)O1.O=C(O)C(F)(F)F. The molecule has 8 nitrogen and oxygen atoms in total. The van der Waals surface area contributed by atoms with E-state index in [0.717, 1.165) is 32.5 Å². The number of carbonyl (C=O) groups is 2. The molecule has 0 aromatic carbocycles. The Kier molecular flexibility index (Phi) is 9.17. The van der Waals surface area contributed by atoms with Gasteiger partial charge in [-0.1, -0.05) is 12.8 Å². The summed E-state index contributed by atoms with van der Waals surface area (Å²) in [4.78, 5) is 23.0. The number of nitrogens with one attached hydrogen (secondary N) is 2. The van der Waals surface area contributed by atoms with Crippen LogP contribution in [0, 0.1) is 0 Å². The zero-order valence-corrected chi connectivity index (χ0v) is 17.3. The van der Waals surface area contributed by atoms with E-state index in [1.807, 2.05) is 6.92 Å². The van der Waals surface area contributed by atoms with Gasteiger partial charge in [0.25, 0.3) is 0 Å². The van der Waals surface area contributed by atoms with Crippen LogP contribution >= 0.6 is 0 Å². The van der Waals surface area contributed by atoms with Crippen molar-refractivity contribution in [3.05, 3.63) is 0 Å². The first-order valence-corrected chi connectivity index (χ1v) is 10.5. The maximum absolute atomic E-state index is 11.5. The van der Waals surface area contributed by atoms with Crippen LogP contribution in [0.2, 0.25) is 0 Å². The average molecular weight is 439 g/mol. The summed E-state index contributed by atoms with van der Waals surface area (Å²) in [5, 5.41) is 12.8. The predicted octanol–water partition coefficient (Wildman–Crippen LogP) is 2.13. The zero-order chi connectivity index (χ0) is 22.2. The third-order valence-corrected chi connectivity index (χ3v) is 5.63. The van der Waals surface area contributed by atoms with Crippen LogP contribution in [0.3, 0.4) is 0 Å². The Hall–Kier alpha value is -1.59. The molecule has 3 aliphatic rings. The Morgan fingerprint density at radius 2 is 1.87 bits per heavy atom. The number of amides is 2. The number of aliphatic carboxylic acids is 1. The molecule has 1 saturated carbocycles. The van der Waals surface area contributed by atoms with E-state index in [1.54, 1.807) is 0 Å². The lowest BCUT2D eigenvalue weighted by molar-refractivity contribution is -0.192. The van der Waals surface area contributed by atoms with Crippen molar-refractivity contribution in [3.63, 3.8) is 0 Å². The lowest BCUT2D eigenvalue weighted by Gasteiger charge is -2.35. The first kappa shape index (κ1) is 24.7. The van der Waals surface area contributed by atoms with Crippen molar-refractivity contribution in [2.24, 2.45) is 0 Å². The fraction of sp³-hybridized carbons (Fsp3) is 0.895. The normalized spacial score (nSPS) is 27.9. The van der Waals surface area contributed by atoms with Gasteiger partial charge in [0.05, 0.1) is 19.3 Å². The Balaban J connectivity index is 0.000000396. The summed E-state index contributed by atoms with van der Waals surface area (Å²) >= 11 is 0. The highest BCUT2D eigenvalue weighted by Crippen LogP contribution is 2.35. The van der Waals surface area contributed by atoms with Crippen LogP contribution in [0.1, 0.15) is 45.4 Å². The number of carbonyl (C=O) groups excluding carboxylic acids is 1. The highest BCUT2D eigenvalue weighted by molar-refractivity contribution is 5.73. The largest absolute Gasteiger partial charge is 0.490 e. The fourth-order valence-corrected chi connectivity index (χ4v) is 4.21. The summed E-state index contributed by atoms with van der Waals surface area (Å²) in [6.07, 6.45) is 2.39. The average Bonchev–Trinajstić information content (AvgIpc) is 3.28. The lowest BCUT2D eigenvalue weighted by atomic mass is 9.99. The number of ether oxygens (including phenoxy) is 2. The van der Waals surface area contributed by atoms with Crippen LogP contribution in [0.25, 0.3) is 0 Å². The molecule has 1 aliphatic carbocycles. The fourth-order valence-electron chi connectivity index (χ4n) is 4.21. The highest BCUT2D eigenvalue weighted by Gasteiger charge is 2.44. The van der Waals surface area contributed by atoms with Gasteiger partial charge in [0, 0.05) is 32.2 Å². The van der Waals surface area contributed by atoms with Crippen molar-refractivity contribution < 1.29 is 37.3 Å². The van der Waals surface area contributed by atoms with Gasteiger partial charge in [0.15, 0.2) is 0 Å². The number of carboxylic acids is 1. The third-order valence-electron chi connectivity index (χ3n) is 5.63. The molecule has 0 bridgehead atoms. The molecule has 2 saturated heterocycles. The molecule has 2 atom stereocenters. The van der Waals surface area contributed by atoms with Crippen LogP contribution in [-0.4, -0.2) is 85.3 Å². The monoisotopic (exact) mass is 439 g/mol. The molecular weight excluding hydrogens is 407 g/mol. The maximum Gasteiger partial charge on any atom is 0.490 e. The summed E-state index contributed by atoms with van der Waals surface area (Å²) < 4.78 is 44.0. The van der Waals surface area contributed by atoms with Crippen LogP contribution in [0.4, 0.5) is 18.0 Å². The van der Waals surface area contributed by atoms with Gasteiger partial charge in [-0.25, -0.2) is 9.59 Å². The number of nitrogens with zero attached hydrogens (tertiary/aromatic N) is 1. The molecule has 2 unspecified atom stereocenters. The van der Waals surface area contributed by atoms with Crippen molar-refractivity contribution in [2.75, 3.05) is 39.4 Å². The van der Waals surface area contributed by atoms with Crippen LogP contribution in [0.15, 0.2) is 0 Å². The molecule has 0 aromatic rings. The molecule has 11 heteroatoms. The van der Waals surface area contributed by atoms with Crippen molar-refractivity contribution in [3.8, 4) is 0 Å². The summed E-state index contributed by atoms with van der Waals surface area (Å²) in [6, 6.07) is 0.603. The van der Waals surface area contributed by atoms with E-state index < -0.39 is 12.1 Å². The maximum atomic E-state index is 11.5. The number of halogens is 3. The van der Waals surface area contributed by atoms with Gasteiger partial charge in [0.2, 0.25) is 0 Å². The summed E-state index contributed by atoms with van der Waals surface area (Å²) in [6.45, 7) is 6.65. The number of hydrogen-bond donors (Lipinski definition) is 3. The van der Waals surface area contributed by atoms with Gasteiger partial charge in [-0.3, -0.25) is 4.90 Å². The summed E-state index contributed by atoms with van der Waals surface area (Å²) in [5.74, 6) is -2.76. The van der Waals surface area contributed by atoms with Crippen molar-refractivity contribution in [2.45, 2.75) is 69.4 Å². The minimum Gasteiger partial charge on any atom is -0.475 e. The van der Waals surface area contributed by atoms with Crippen molar-refractivity contribution in [1.82, 2.24) is 15.5 Å². The van der Waals surface area contributed by atoms with E-state index >= 15 is 0 Å². The number of alkyl halides is 3. The molecule has 3 N–H and O–H groups in total. The minimum atomic E-state index is -5.08. The number of carboxylic acid groups (broad SMARTS) is 1. The van der Waals surface area contributed by atoms with Crippen molar-refractivity contribution in [1.29, 1.82) is 0 Å². The number of hydrogen-bond acceptors (Lipinski definition) is 5. The molecular formula is C19H32F3N3O5. The molecule has 2 aliphatic heterocycles. The molecule has 2 heterocycles. The Labute approximate surface area is 174 Å². The van der Waals surface area contributed by atoms with E-state index in [4.69, 9.17) is 19.4 Å². The number of rotatable bonds is 4. The molecule has 30 heavy (non-hydrogen) atoms. The first-order chi connectivity index (χ1) is 14.1. The third kappa shape index (κ3) is 7.59. The molecule has 3 rings (SSSR count). The molecule has 1 spiro atoms. The van der Waals surface area contributed by atoms with Gasteiger partial charge in [-0.15, -0.1) is 0 Å². The van der Waals surface area contributed by atoms with Gasteiger partial charge in [0.1, 0.15) is 5.60 Å². The molecule has 0 aromatic heterocycles. The van der Waals surface area contributed by atoms with E-state index in [0.29, 0.717) is 25.7 Å². The second kappa shape index (κ2) is 11.1. The second-order valence-electron chi connectivity index (χ2n) is 7.97. The molecule has 2 amide bonds. The molecule has 0 radical (unpaired) electrons. The summed E-state index contributed by atoms with van der Waals surface area (Å²) in [7, 11) is 0. The minimum absolute atomic E-state index is 0.102. The molecule has 174 valence electrons. The standard InChI is InChI=1S/C17H31N3O3.C2HF3O2/c1-2-18-16(21)19-11-15-7-8-17(23-15)12-20(9-10-22-13-17)14-5-3-4-6-14;3-2(4,5)1(6)7/h14-15H,2-13H2,1H3,(H2,18,19,21);(H,6,7). The predicted molar refractivity (Wildman–Crippen MR) is 102 cm³/mol. The van der Waals surface area contributed by atoms with E-state index in [2.05, 4.69) is 15.5 Å². The van der Waals surface area contributed by atoms with Gasteiger partial charge in [-0.2, -0.15) is 13.2 Å². The summed E-state index contributed by atoms with van der Waals surface area (Å²) in [5.41, 5.74) is -0.174. The van der Waals surface area contributed by atoms with E-state index in [9.17, 15) is 18.0 Å². The zero-order valence-electron chi connectivity index (χ0n) is 17.3. The van der Waals surface area contributed by atoms with Crippen molar-refractivity contribution >= 4 is 12.0 Å². The van der Waals surface area contributed by atoms with E-state index in [-0.39, 0.29) is 17.7 Å². The van der Waals surface area contributed by atoms with Crippen LogP contribution < -0.4 is 10.6 Å².